The van der Waals surface area contributed by atoms with Crippen LogP contribution in [0.1, 0.15) is 33.9 Å². The minimum absolute atomic E-state index is 0.0739. The summed E-state index contributed by atoms with van der Waals surface area (Å²) in [4.78, 5) is 21.6. The fraction of sp³-hybridized carbons (Fsp3) is 0.182. The quantitative estimate of drug-likeness (QED) is 0.585. The molecular formula is C22H19N5O2. The van der Waals surface area contributed by atoms with Crippen LogP contribution >= 0.6 is 0 Å². The van der Waals surface area contributed by atoms with E-state index in [0.29, 0.717) is 23.6 Å². The van der Waals surface area contributed by atoms with Crippen LogP contribution in [0.3, 0.4) is 0 Å². The summed E-state index contributed by atoms with van der Waals surface area (Å²) in [6.45, 7) is 2.58. The predicted octanol–water partition coefficient (Wildman–Crippen LogP) is 3.35. The molecule has 1 atom stereocenters. The maximum atomic E-state index is 12.9. The number of nitrogens with one attached hydrogen (secondary N) is 1. The van der Waals surface area contributed by atoms with Crippen molar-refractivity contribution in [3.05, 3.63) is 77.7 Å². The van der Waals surface area contributed by atoms with Gasteiger partial charge in [-0.2, -0.15) is 0 Å². The fourth-order valence-corrected chi connectivity index (χ4v) is 3.57. The van der Waals surface area contributed by atoms with Gasteiger partial charge < -0.3 is 10.1 Å². The highest BCUT2D eigenvalue weighted by Crippen LogP contribution is 2.31. The number of carbonyl (C=O) groups excluding carboxylic acids is 1. The third-order valence-electron chi connectivity index (χ3n) is 5.14. The van der Waals surface area contributed by atoms with Crippen LogP contribution in [0.15, 0.2) is 61.1 Å². The van der Waals surface area contributed by atoms with E-state index in [0.717, 1.165) is 28.9 Å². The van der Waals surface area contributed by atoms with Crippen LogP contribution in [-0.4, -0.2) is 32.1 Å². The number of nitrogens with zero attached hydrogens (tertiary/aromatic N) is 4. The van der Waals surface area contributed by atoms with Gasteiger partial charge in [0.1, 0.15) is 5.75 Å². The third kappa shape index (κ3) is 3.20. The fourth-order valence-electron chi connectivity index (χ4n) is 3.57. The molecule has 0 fully saturated rings. The Kier molecular flexibility index (Phi) is 4.20. The molecule has 0 saturated heterocycles. The lowest BCUT2D eigenvalue weighted by Crippen LogP contribution is -2.32. The van der Waals surface area contributed by atoms with Crippen LogP contribution in [0.4, 0.5) is 0 Å². The smallest absolute Gasteiger partial charge is 0.251 e. The molecule has 0 spiro atoms. The molecule has 1 aliphatic heterocycles. The van der Waals surface area contributed by atoms with E-state index in [1.807, 2.05) is 37.3 Å². The lowest BCUT2D eigenvalue weighted by molar-refractivity contribution is 0.0924. The van der Waals surface area contributed by atoms with Crippen molar-refractivity contribution in [2.24, 2.45) is 0 Å². The lowest BCUT2D eigenvalue weighted by atomic mass is 10.0. The number of amides is 1. The van der Waals surface area contributed by atoms with Gasteiger partial charge in [0.05, 0.1) is 12.6 Å². The second-order valence-electron chi connectivity index (χ2n) is 7.05. The standard InChI is InChI=1S/C22H19N5O2/c1-14-6-9-23-13-17(14)21-25-20-12-15(7-10-27(20)26-21)22(28)24-18-8-11-29-19-5-3-2-4-16(18)19/h2-7,9-10,12-13,18H,8,11H2,1H3,(H,24,28)/t18-/m0/s1. The van der Waals surface area contributed by atoms with Crippen molar-refractivity contribution in [2.75, 3.05) is 6.61 Å². The number of fused-ring (bicyclic) bond motifs is 2. The summed E-state index contributed by atoms with van der Waals surface area (Å²) < 4.78 is 7.34. The largest absolute Gasteiger partial charge is 0.493 e. The monoisotopic (exact) mass is 385 g/mol. The molecule has 1 N–H and O–H groups in total. The van der Waals surface area contributed by atoms with E-state index in [4.69, 9.17) is 4.74 Å². The van der Waals surface area contributed by atoms with Gasteiger partial charge in [-0.15, -0.1) is 5.10 Å². The van der Waals surface area contributed by atoms with Crippen LogP contribution < -0.4 is 10.1 Å². The number of hydrogen-bond donors (Lipinski definition) is 1. The Morgan fingerprint density at radius 2 is 2.14 bits per heavy atom. The molecule has 3 aromatic heterocycles. The molecule has 4 aromatic rings. The molecule has 144 valence electrons. The van der Waals surface area contributed by atoms with Crippen LogP contribution in [0, 0.1) is 6.92 Å². The topological polar surface area (TPSA) is 81.4 Å². The first-order valence-electron chi connectivity index (χ1n) is 9.49. The van der Waals surface area contributed by atoms with E-state index in [9.17, 15) is 4.79 Å². The SMILES string of the molecule is Cc1ccncc1-c1nc2cc(C(=O)N[C@H]3CCOc4ccccc43)ccn2n1. The average molecular weight is 385 g/mol. The van der Waals surface area contributed by atoms with Gasteiger partial charge >= 0.3 is 0 Å². The molecule has 29 heavy (non-hydrogen) atoms. The van der Waals surface area contributed by atoms with Crippen molar-refractivity contribution in [1.82, 2.24) is 24.9 Å². The minimum atomic E-state index is -0.142. The Hall–Kier alpha value is -3.74. The molecule has 4 heterocycles. The van der Waals surface area contributed by atoms with E-state index in [1.54, 1.807) is 35.2 Å². The summed E-state index contributed by atoms with van der Waals surface area (Å²) >= 11 is 0. The van der Waals surface area contributed by atoms with E-state index in [2.05, 4.69) is 20.4 Å². The molecular weight excluding hydrogens is 366 g/mol. The first kappa shape index (κ1) is 17.4. The average Bonchev–Trinajstić information content (AvgIpc) is 3.17. The summed E-state index contributed by atoms with van der Waals surface area (Å²) in [5.41, 5.74) is 4.09. The van der Waals surface area contributed by atoms with E-state index in [-0.39, 0.29) is 11.9 Å². The van der Waals surface area contributed by atoms with Gasteiger partial charge in [0, 0.05) is 41.7 Å². The van der Waals surface area contributed by atoms with Crippen LogP contribution in [0.25, 0.3) is 17.0 Å². The Balaban J connectivity index is 1.42. The van der Waals surface area contributed by atoms with Crippen LogP contribution in [0.2, 0.25) is 0 Å². The number of aryl methyl sites for hydroxylation is 1. The Morgan fingerprint density at radius 3 is 3.03 bits per heavy atom. The number of pyridine rings is 2. The lowest BCUT2D eigenvalue weighted by Gasteiger charge is -2.26. The number of ether oxygens (including phenoxy) is 1. The number of hydrogen-bond acceptors (Lipinski definition) is 5. The summed E-state index contributed by atoms with van der Waals surface area (Å²) in [5.74, 6) is 1.27. The van der Waals surface area contributed by atoms with Crippen molar-refractivity contribution in [3.63, 3.8) is 0 Å². The number of rotatable bonds is 3. The van der Waals surface area contributed by atoms with Crippen LogP contribution in [0.5, 0.6) is 5.75 Å². The molecule has 7 heteroatoms. The summed E-state index contributed by atoms with van der Waals surface area (Å²) in [6.07, 6.45) is 5.98. The molecule has 1 aromatic carbocycles. The normalized spacial score (nSPS) is 15.6. The first-order valence-corrected chi connectivity index (χ1v) is 9.49. The zero-order valence-corrected chi connectivity index (χ0v) is 15.9. The van der Waals surface area contributed by atoms with Gasteiger partial charge in [0.15, 0.2) is 11.5 Å². The van der Waals surface area contributed by atoms with E-state index < -0.39 is 0 Å². The first-order chi connectivity index (χ1) is 14.2. The highest BCUT2D eigenvalue weighted by atomic mass is 16.5. The van der Waals surface area contributed by atoms with Crippen molar-refractivity contribution in [2.45, 2.75) is 19.4 Å². The van der Waals surface area contributed by atoms with Gasteiger partial charge in [-0.25, -0.2) is 9.50 Å². The Bertz CT molecular complexity index is 1220. The second kappa shape index (κ2) is 7.01. The zero-order chi connectivity index (χ0) is 19.8. The molecule has 1 aliphatic rings. The highest BCUT2D eigenvalue weighted by molar-refractivity contribution is 5.95. The molecule has 7 nitrogen and oxygen atoms in total. The maximum absolute atomic E-state index is 12.9. The summed E-state index contributed by atoms with van der Waals surface area (Å²) in [5, 5.41) is 7.62. The summed E-state index contributed by atoms with van der Waals surface area (Å²) in [7, 11) is 0. The predicted molar refractivity (Wildman–Crippen MR) is 108 cm³/mol. The van der Waals surface area contributed by atoms with Crippen molar-refractivity contribution in [3.8, 4) is 17.1 Å². The number of benzene rings is 1. The van der Waals surface area contributed by atoms with Gasteiger partial charge in [-0.3, -0.25) is 9.78 Å². The Morgan fingerprint density at radius 1 is 1.24 bits per heavy atom. The summed E-state index contributed by atoms with van der Waals surface area (Å²) in [6, 6.07) is 13.2. The van der Waals surface area contributed by atoms with E-state index >= 15 is 0 Å². The molecule has 0 radical (unpaired) electrons. The van der Waals surface area contributed by atoms with Crippen LogP contribution in [-0.2, 0) is 0 Å². The van der Waals surface area contributed by atoms with Crippen molar-refractivity contribution in [1.29, 1.82) is 0 Å². The molecule has 0 bridgehead atoms. The number of aromatic nitrogens is 4. The highest BCUT2D eigenvalue weighted by Gasteiger charge is 2.23. The third-order valence-corrected chi connectivity index (χ3v) is 5.14. The minimum Gasteiger partial charge on any atom is -0.493 e. The maximum Gasteiger partial charge on any atom is 0.251 e. The number of para-hydroxylation sites is 1. The van der Waals surface area contributed by atoms with Gasteiger partial charge in [-0.1, -0.05) is 18.2 Å². The number of carbonyl (C=O) groups is 1. The molecule has 0 unspecified atom stereocenters. The van der Waals surface area contributed by atoms with Crippen molar-refractivity contribution < 1.29 is 9.53 Å². The molecule has 0 saturated carbocycles. The molecule has 0 aliphatic carbocycles. The Labute approximate surface area is 167 Å². The second-order valence-corrected chi connectivity index (χ2v) is 7.05. The van der Waals surface area contributed by atoms with Gasteiger partial charge in [0.2, 0.25) is 0 Å². The van der Waals surface area contributed by atoms with Gasteiger partial charge in [-0.05, 0) is 36.8 Å². The molecule has 1 amide bonds. The van der Waals surface area contributed by atoms with Gasteiger partial charge in [0.25, 0.3) is 5.91 Å². The molecule has 5 rings (SSSR count). The van der Waals surface area contributed by atoms with E-state index in [1.165, 1.54) is 0 Å². The zero-order valence-electron chi connectivity index (χ0n) is 15.9. The van der Waals surface area contributed by atoms with Crippen molar-refractivity contribution >= 4 is 11.6 Å².